The zero-order valence-corrected chi connectivity index (χ0v) is 7.96. The summed E-state index contributed by atoms with van der Waals surface area (Å²) in [5.41, 5.74) is 5.61. The second kappa shape index (κ2) is 8.97. The summed E-state index contributed by atoms with van der Waals surface area (Å²) in [6.45, 7) is 3.11. The van der Waals surface area contributed by atoms with Crippen molar-refractivity contribution in [1.29, 1.82) is 0 Å². The molecule has 0 saturated carbocycles. The smallest absolute Gasteiger partial charge is 0.105 e. The molecule has 1 unspecified atom stereocenters. The molecule has 3 heteroatoms. The molecule has 0 spiro atoms. The van der Waals surface area contributed by atoms with Crippen molar-refractivity contribution < 1.29 is 9.84 Å². The van der Waals surface area contributed by atoms with Gasteiger partial charge in [0, 0.05) is 13.2 Å². The topological polar surface area (TPSA) is 55.5 Å². The summed E-state index contributed by atoms with van der Waals surface area (Å²) in [7, 11) is 0. The summed E-state index contributed by atoms with van der Waals surface area (Å²) in [6, 6.07) is 0. The number of rotatable bonds is 8. The molecule has 74 valence electrons. The predicted octanol–water partition coefficient (Wildman–Crippen LogP) is 1.25. The van der Waals surface area contributed by atoms with E-state index in [4.69, 9.17) is 15.6 Å². The lowest BCUT2D eigenvalue weighted by Gasteiger charge is -2.11. The van der Waals surface area contributed by atoms with Crippen LogP contribution in [0.3, 0.4) is 0 Å². The second-order valence-electron chi connectivity index (χ2n) is 2.98. The fourth-order valence-corrected chi connectivity index (χ4v) is 0.963. The van der Waals surface area contributed by atoms with Gasteiger partial charge in [0.15, 0.2) is 0 Å². The number of hydrogen-bond donors (Lipinski definition) is 2. The van der Waals surface area contributed by atoms with Gasteiger partial charge >= 0.3 is 0 Å². The van der Waals surface area contributed by atoms with Crippen LogP contribution in [0.5, 0.6) is 0 Å². The van der Waals surface area contributed by atoms with Gasteiger partial charge in [0.05, 0.1) is 0 Å². The highest BCUT2D eigenvalue weighted by atomic mass is 16.5. The molecule has 3 nitrogen and oxygen atoms in total. The van der Waals surface area contributed by atoms with Crippen LogP contribution in [0.25, 0.3) is 0 Å². The Balaban J connectivity index is 3.02. The van der Waals surface area contributed by atoms with Crippen molar-refractivity contribution in [1.82, 2.24) is 0 Å². The molecular formula is C9H21NO2. The van der Waals surface area contributed by atoms with Gasteiger partial charge in [0.2, 0.25) is 0 Å². The molecule has 0 aliphatic rings. The zero-order chi connectivity index (χ0) is 9.23. The predicted molar refractivity (Wildman–Crippen MR) is 49.8 cm³/mol. The highest BCUT2D eigenvalue weighted by Gasteiger charge is 2.00. The van der Waals surface area contributed by atoms with E-state index in [0.717, 1.165) is 25.9 Å². The molecule has 0 radical (unpaired) electrons. The first-order chi connectivity index (χ1) is 5.81. The van der Waals surface area contributed by atoms with E-state index in [-0.39, 0.29) is 12.8 Å². The lowest BCUT2D eigenvalue weighted by Crippen LogP contribution is -2.24. The molecule has 0 bridgehead atoms. The Morgan fingerprint density at radius 2 is 2.08 bits per heavy atom. The summed E-state index contributed by atoms with van der Waals surface area (Å²) >= 11 is 0. The third kappa shape index (κ3) is 7.98. The molecule has 0 aromatic heterocycles. The Labute approximate surface area is 74.9 Å². The van der Waals surface area contributed by atoms with Crippen LogP contribution in [-0.4, -0.2) is 24.5 Å². The average molecular weight is 175 g/mol. The van der Waals surface area contributed by atoms with Crippen LogP contribution in [0, 0.1) is 0 Å². The molecule has 0 aromatic carbocycles. The molecule has 3 N–H and O–H groups in total. The molecule has 0 rings (SSSR count). The van der Waals surface area contributed by atoms with Crippen molar-refractivity contribution in [3.8, 4) is 0 Å². The number of unbranched alkanes of at least 4 members (excludes halogenated alkanes) is 2. The molecule has 0 fully saturated rings. The van der Waals surface area contributed by atoms with Gasteiger partial charge < -0.3 is 15.6 Å². The van der Waals surface area contributed by atoms with Gasteiger partial charge in [-0.15, -0.1) is 0 Å². The molecular weight excluding hydrogens is 154 g/mol. The number of hydrogen-bond acceptors (Lipinski definition) is 3. The number of aliphatic hydroxyl groups is 1. The number of aliphatic hydroxyl groups excluding tert-OH is 1. The van der Waals surface area contributed by atoms with Crippen molar-refractivity contribution in [2.45, 2.75) is 45.3 Å². The van der Waals surface area contributed by atoms with Gasteiger partial charge in [-0.1, -0.05) is 19.8 Å². The first-order valence-corrected chi connectivity index (χ1v) is 4.79. The van der Waals surface area contributed by atoms with Gasteiger partial charge in [-0.2, -0.15) is 0 Å². The minimum atomic E-state index is -0.186. The second-order valence-corrected chi connectivity index (χ2v) is 2.98. The number of ether oxygens (including phenoxy) is 1. The van der Waals surface area contributed by atoms with Crippen LogP contribution in [0.4, 0.5) is 0 Å². The fraction of sp³-hybridized carbons (Fsp3) is 1.00. The molecule has 1 atom stereocenters. The maximum Gasteiger partial charge on any atom is 0.105 e. The van der Waals surface area contributed by atoms with E-state index >= 15 is 0 Å². The van der Waals surface area contributed by atoms with Crippen LogP contribution in [-0.2, 0) is 4.74 Å². The minimum absolute atomic E-state index is 0.186. The Morgan fingerprint density at radius 1 is 1.33 bits per heavy atom. The van der Waals surface area contributed by atoms with E-state index in [2.05, 4.69) is 6.92 Å². The van der Waals surface area contributed by atoms with Gasteiger partial charge in [0.1, 0.15) is 6.23 Å². The van der Waals surface area contributed by atoms with E-state index in [1.807, 2.05) is 0 Å². The SMILES string of the molecule is CCCCCOC(N)CCCO. The summed E-state index contributed by atoms with van der Waals surface area (Å²) in [4.78, 5) is 0. The van der Waals surface area contributed by atoms with Crippen molar-refractivity contribution in [3.63, 3.8) is 0 Å². The maximum atomic E-state index is 8.51. The molecule has 0 aliphatic heterocycles. The molecule has 0 aromatic rings. The molecule has 0 aliphatic carbocycles. The normalized spacial score (nSPS) is 13.2. The van der Waals surface area contributed by atoms with E-state index in [1.165, 1.54) is 12.8 Å². The molecule has 12 heavy (non-hydrogen) atoms. The molecule has 0 saturated heterocycles. The van der Waals surface area contributed by atoms with Gasteiger partial charge in [0.25, 0.3) is 0 Å². The highest BCUT2D eigenvalue weighted by Crippen LogP contribution is 1.99. The standard InChI is InChI=1S/C9H21NO2/c1-2-3-4-8-12-9(10)6-5-7-11/h9,11H,2-8,10H2,1H3. The minimum Gasteiger partial charge on any atom is -0.396 e. The maximum absolute atomic E-state index is 8.51. The van der Waals surface area contributed by atoms with E-state index in [0.29, 0.717) is 0 Å². The van der Waals surface area contributed by atoms with Gasteiger partial charge in [-0.25, -0.2) is 0 Å². The quantitative estimate of drug-likeness (QED) is 0.431. The van der Waals surface area contributed by atoms with Crippen LogP contribution in [0.2, 0.25) is 0 Å². The summed E-state index contributed by atoms with van der Waals surface area (Å²) in [6.07, 6.45) is 4.79. The lowest BCUT2D eigenvalue weighted by atomic mass is 10.2. The summed E-state index contributed by atoms with van der Waals surface area (Å²) in [5.74, 6) is 0. The van der Waals surface area contributed by atoms with E-state index in [1.54, 1.807) is 0 Å². The monoisotopic (exact) mass is 175 g/mol. The fourth-order valence-electron chi connectivity index (χ4n) is 0.963. The largest absolute Gasteiger partial charge is 0.396 e. The Kier molecular flexibility index (Phi) is 8.88. The van der Waals surface area contributed by atoms with Crippen molar-refractivity contribution in [2.75, 3.05) is 13.2 Å². The Hall–Kier alpha value is -0.120. The molecule has 0 amide bonds. The summed E-state index contributed by atoms with van der Waals surface area (Å²) < 4.78 is 5.31. The third-order valence-corrected chi connectivity index (χ3v) is 1.73. The lowest BCUT2D eigenvalue weighted by molar-refractivity contribution is 0.0448. The van der Waals surface area contributed by atoms with Crippen LogP contribution >= 0.6 is 0 Å². The van der Waals surface area contributed by atoms with Crippen LogP contribution in [0.15, 0.2) is 0 Å². The average Bonchev–Trinajstić information content (AvgIpc) is 2.09. The third-order valence-electron chi connectivity index (χ3n) is 1.73. The van der Waals surface area contributed by atoms with E-state index < -0.39 is 0 Å². The van der Waals surface area contributed by atoms with Crippen molar-refractivity contribution in [3.05, 3.63) is 0 Å². The molecule has 0 heterocycles. The zero-order valence-electron chi connectivity index (χ0n) is 7.96. The highest BCUT2D eigenvalue weighted by molar-refractivity contribution is 4.48. The van der Waals surface area contributed by atoms with Crippen molar-refractivity contribution in [2.24, 2.45) is 5.73 Å². The van der Waals surface area contributed by atoms with Crippen LogP contribution < -0.4 is 5.73 Å². The van der Waals surface area contributed by atoms with Crippen LogP contribution in [0.1, 0.15) is 39.0 Å². The number of nitrogens with two attached hydrogens (primary N) is 1. The van der Waals surface area contributed by atoms with E-state index in [9.17, 15) is 0 Å². The Bertz CT molecular complexity index is 88.6. The Morgan fingerprint density at radius 3 is 2.67 bits per heavy atom. The van der Waals surface area contributed by atoms with Gasteiger partial charge in [-0.3, -0.25) is 0 Å². The van der Waals surface area contributed by atoms with Crippen molar-refractivity contribution >= 4 is 0 Å². The first-order valence-electron chi connectivity index (χ1n) is 4.79. The first kappa shape index (κ1) is 11.9. The van der Waals surface area contributed by atoms with Gasteiger partial charge in [-0.05, 0) is 19.3 Å². The summed E-state index contributed by atoms with van der Waals surface area (Å²) in [5, 5.41) is 8.51.